The summed E-state index contributed by atoms with van der Waals surface area (Å²) in [5.41, 5.74) is 3.77. The summed E-state index contributed by atoms with van der Waals surface area (Å²) < 4.78 is 0. The molecule has 0 aromatic heterocycles. The van der Waals surface area contributed by atoms with Crippen molar-refractivity contribution in [2.24, 2.45) is 11.8 Å². The van der Waals surface area contributed by atoms with Crippen molar-refractivity contribution >= 4 is 5.91 Å². The summed E-state index contributed by atoms with van der Waals surface area (Å²) in [4.78, 5) is 12.7. The molecule has 0 heterocycles. The van der Waals surface area contributed by atoms with Gasteiger partial charge in [0.1, 0.15) is 0 Å². The molecule has 2 heteroatoms. The van der Waals surface area contributed by atoms with E-state index in [4.69, 9.17) is 0 Å². The Morgan fingerprint density at radius 2 is 1.67 bits per heavy atom. The highest BCUT2D eigenvalue weighted by molar-refractivity contribution is 5.79. The number of rotatable bonds is 5. The smallest absolute Gasteiger partial charge is 0.223 e. The summed E-state index contributed by atoms with van der Waals surface area (Å²) in [6.45, 7) is 2.71. The Kier molecular flexibility index (Phi) is 5.68. The number of carbonyl (C=O) groups is 1. The van der Waals surface area contributed by atoms with Gasteiger partial charge >= 0.3 is 0 Å². The Morgan fingerprint density at radius 1 is 0.958 bits per heavy atom. The van der Waals surface area contributed by atoms with Gasteiger partial charge < -0.3 is 5.32 Å². The second kappa shape index (κ2) is 8.14. The molecule has 2 aromatic carbocycles. The molecule has 2 atom stereocenters. The molecule has 0 spiro atoms. The first-order valence-electron chi connectivity index (χ1n) is 9.09. The lowest BCUT2D eigenvalue weighted by molar-refractivity contribution is -0.127. The molecular weight excluding hydrogens is 294 g/mol. The van der Waals surface area contributed by atoms with Crippen LogP contribution in [0.2, 0.25) is 0 Å². The quantitative estimate of drug-likeness (QED) is 0.852. The fourth-order valence-corrected chi connectivity index (χ4v) is 3.74. The maximum atomic E-state index is 12.7. The van der Waals surface area contributed by atoms with Crippen LogP contribution in [0.1, 0.15) is 42.4 Å². The topological polar surface area (TPSA) is 29.1 Å². The Labute approximate surface area is 145 Å². The summed E-state index contributed by atoms with van der Waals surface area (Å²) in [7, 11) is 0. The average Bonchev–Trinajstić information content (AvgIpc) is 2.62. The lowest BCUT2D eigenvalue weighted by Crippen LogP contribution is -2.37. The molecule has 1 saturated carbocycles. The van der Waals surface area contributed by atoms with Crippen LogP contribution in [-0.4, -0.2) is 5.91 Å². The first-order valence-corrected chi connectivity index (χ1v) is 9.09. The van der Waals surface area contributed by atoms with Gasteiger partial charge in [0.25, 0.3) is 0 Å². The van der Waals surface area contributed by atoms with Crippen molar-refractivity contribution in [3.05, 3.63) is 71.3 Å². The predicted octanol–water partition coefficient (Wildman–Crippen LogP) is 4.66. The molecule has 3 rings (SSSR count). The summed E-state index contributed by atoms with van der Waals surface area (Å²) in [6, 6.07) is 19.0. The summed E-state index contributed by atoms with van der Waals surface area (Å²) in [5.74, 6) is 0.861. The monoisotopic (exact) mass is 321 g/mol. The molecule has 1 N–H and O–H groups in total. The van der Waals surface area contributed by atoms with Crippen LogP contribution in [-0.2, 0) is 17.8 Å². The van der Waals surface area contributed by atoms with E-state index in [1.165, 1.54) is 29.5 Å². The lowest BCUT2D eigenvalue weighted by atomic mass is 9.75. The standard InChI is InChI=1S/C22H27NO/c1-17-11-13-19(14-12-17)16-23-22(24)21-10-6-5-9-20(21)15-18-7-3-2-4-8-18/h2-4,7-8,11-14,20-21H,5-6,9-10,15-16H2,1H3,(H,23,24). The third-order valence-corrected chi connectivity index (χ3v) is 5.17. The Bertz CT molecular complexity index is 647. The van der Waals surface area contributed by atoms with Crippen LogP contribution in [0.3, 0.4) is 0 Å². The van der Waals surface area contributed by atoms with Gasteiger partial charge in [-0.05, 0) is 43.2 Å². The molecule has 24 heavy (non-hydrogen) atoms. The van der Waals surface area contributed by atoms with Crippen LogP contribution >= 0.6 is 0 Å². The molecule has 2 aromatic rings. The number of aryl methyl sites for hydroxylation is 1. The van der Waals surface area contributed by atoms with Crippen molar-refractivity contribution in [3.8, 4) is 0 Å². The van der Waals surface area contributed by atoms with Gasteiger partial charge in [-0.2, -0.15) is 0 Å². The molecule has 1 aliphatic rings. The van der Waals surface area contributed by atoms with Gasteiger partial charge in [0.05, 0.1) is 0 Å². The minimum Gasteiger partial charge on any atom is -0.352 e. The summed E-state index contributed by atoms with van der Waals surface area (Å²) in [6.07, 6.45) is 5.63. The van der Waals surface area contributed by atoms with E-state index in [0.717, 1.165) is 19.3 Å². The molecule has 126 valence electrons. The molecule has 2 nitrogen and oxygen atoms in total. The highest BCUT2D eigenvalue weighted by Gasteiger charge is 2.30. The van der Waals surface area contributed by atoms with Gasteiger partial charge in [0.15, 0.2) is 0 Å². The first-order chi connectivity index (χ1) is 11.7. The largest absolute Gasteiger partial charge is 0.352 e. The van der Waals surface area contributed by atoms with E-state index in [-0.39, 0.29) is 11.8 Å². The minimum absolute atomic E-state index is 0.157. The van der Waals surface area contributed by atoms with Crippen LogP contribution in [0.25, 0.3) is 0 Å². The predicted molar refractivity (Wildman–Crippen MR) is 98.6 cm³/mol. The van der Waals surface area contributed by atoms with Gasteiger partial charge in [-0.3, -0.25) is 4.79 Å². The number of hydrogen-bond acceptors (Lipinski definition) is 1. The van der Waals surface area contributed by atoms with Gasteiger partial charge in [0.2, 0.25) is 5.91 Å². The third kappa shape index (κ3) is 4.47. The Balaban J connectivity index is 1.59. The van der Waals surface area contributed by atoms with Crippen LogP contribution in [0.5, 0.6) is 0 Å². The second-order valence-electron chi connectivity index (χ2n) is 7.04. The zero-order valence-electron chi connectivity index (χ0n) is 14.5. The number of hydrogen-bond donors (Lipinski definition) is 1. The van der Waals surface area contributed by atoms with Gasteiger partial charge in [-0.25, -0.2) is 0 Å². The molecular formula is C22H27NO. The average molecular weight is 321 g/mol. The van der Waals surface area contributed by atoms with Crippen molar-refractivity contribution in [1.82, 2.24) is 5.32 Å². The fraction of sp³-hybridized carbons (Fsp3) is 0.409. The van der Waals surface area contributed by atoms with Crippen LogP contribution in [0, 0.1) is 18.8 Å². The van der Waals surface area contributed by atoms with E-state index in [1.54, 1.807) is 0 Å². The van der Waals surface area contributed by atoms with E-state index in [1.807, 2.05) is 0 Å². The van der Waals surface area contributed by atoms with E-state index < -0.39 is 0 Å². The maximum absolute atomic E-state index is 12.7. The van der Waals surface area contributed by atoms with Gasteiger partial charge in [-0.15, -0.1) is 0 Å². The summed E-state index contributed by atoms with van der Waals surface area (Å²) >= 11 is 0. The molecule has 1 amide bonds. The Hall–Kier alpha value is -2.09. The van der Waals surface area contributed by atoms with Crippen molar-refractivity contribution < 1.29 is 4.79 Å². The molecule has 0 saturated heterocycles. The van der Waals surface area contributed by atoms with Crippen LogP contribution in [0.4, 0.5) is 0 Å². The van der Waals surface area contributed by atoms with E-state index >= 15 is 0 Å². The first kappa shape index (κ1) is 16.8. The van der Waals surface area contributed by atoms with Crippen molar-refractivity contribution in [3.63, 3.8) is 0 Å². The number of carbonyl (C=O) groups excluding carboxylic acids is 1. The van der Waals surface area contributed by atoms with Gasteiger partial charge in [-0.1, -0.05) is 73.0 Å². The zero-order chi connectivity index (χ0) is 16.8. The molecule has 0 aliphatic heterocycles. The second-order valence-corrected chi connectivity index (χ2v) is 7.04. The molecule has 2 unspecified atom stereocenters. The Morgan fingerprint density at radius 3 is 2.42 bits per heavy atom. The number of nitrogens with one attached hydrogen (secondary N) is 1. The van der Waals surface area contributed by atoms with Crippen molar-refractivity contribution in [2.75, 3.05) is 0 Å². The van der Waals surface area contributed by atoms with Gasteiger partial charge in [0, 0.05) is 12.5 Å². The molecule has 1 aliphatic carbocycles. The molecule has 0 bridgehead atoms. The maximum Gasteiger partial charge on any atom is 0.223 e. The number of amides is 1. The third-order valence-electron chi connectivity index (χ3n) is 5.17. The highest BCUT2D eigenvalue weighted by Crippen LogP contribution is 2.32. The normalized spacial score (nSPS) is 20.5. The van der Waals surface area contributed by atoms with Crippen LogP contribution in [0.15, 0.2) is 54.6 Å². The lowest BCUT2D eigenvalue weighted by Gasteiger charge is -2.30. The van der Waals surface area contributed by atoms with E-state index in [0.29, 0.717) is 12.5 Å². The van der Waals surface area contributed by atoms with Crippen molar-refractivity contribution in [2.45, 2.75) is 45.6 Å². The van der Waals surface area contributed by atoms with E-state index in [9.17, 15) is 4.79 Å². The number of benzene rings is 2. The molecule has 1 fully saturated rings. The summed E-state index contributed by atoms with van der Waals surface area (Å²) in [5, 5.41) is 3.16. The van der Waals surface area contributed by atoms with Crippen molar-refractivity contribution in [1.29, 1.82) is 0 Å². The fourth-order valence-electron chi connectivity index (χ4n) is 3.74. The van der Waals surface area contributed by atoms with Crippen LogP contribution < -0.4 is 5.32 Å². The highest BCUT2D eigenvalue weighted by atomic mass is 16.1. The van der Waals surface area contributed by atoms with E-state index in [2.05, 4.69) is 66.8 Å². The SMILES string of the molecule is Cc1ccc(CNC(=O)C2CCCCC2Cc2ccccc2)cc1. The zero-order valence-corrected chi connectivity index (χ0v) is 14.5. The minimum atomic E-state index is 0.157. The molecule has 0 radical (unpaired) electrons.